The first-order valence-electron chi connectivity index (χ1n) is 11.1. The summed E-state index contributed by atoms with van der Waals surface area (Å²) in [6.45, 7) is 6.21. The molecule has 1 aliphatic rings. The van der Waals surface area contributed by atoms with Crippen LogP contribution in [0.2, 0.25) is 5.02 Å². The van der Waals surface area contributed by atoms with Crippen LogP contribution in [0.1, 0.15) is 5.01 Å². The molecule has 1 aromatic heterocycles. The van der Waals surface area contributed by atoms with Gasteiger partial charge in [-0.2, -0.15) is 0 Å². The van der Waals surface area contributed by atoms with E-state index in [1.54, 1.807) is 35.6 Å². The Morgan fingerprint density at radius 1 is 1.15 bits per heavy atom. The lowest BCUT2D eigenvalue weighted by Crippen LogP contribution is -2.50. The van der Waals surface area contributed by atoms with Crippen molar-refractivity contribution >= 4 is 48.9 Å². The standard InChI is InChI=1S/C23H29ClN4O4S2/c1-17-25-22-14-21(6-7-23(22)33-17)32-16-20(29)15-28-10-8-27(9-11-28)12-13-34(30,31)26-19-4-2-18(24)3-5-19/h2-7,14,20,26,29H,8-13,15-16H2,1H3/t20-/m1/s1. The first kappa shape index (κ1) is 25.2. The Labute approximate surface area is 209 Å². The van der Waals surface area contributed by atoms with Gasteiger partial charge in [-0.1, -0.05) is 11.6 Å². The zero-order valence-corrected chi connectivity index (χ0v) is 21.4. The second kappa shape index (κ2) is 11.2. The number of aliphatic hydroxyl groups is 1. The fraction of sp³-hybridized carbons (Fsp3) is 0.435. The summed E-state index contributed by atoms with van der Waals surface area (Å²) in [4.78, 5) is 8.78. The molecule has 184 valence electrons. The number of ether oxygens (including phenoxy) is 1. The monoisotopic (exact) mass is 524 g/mol. The molecule has 0 aliphatic carbocycles. The maximum absolute atomic E-state index is 12.4. The zero-order chi connectivity index (χ0) is 24.1. The molecule has 0 saturated carbocycles. The van der Waals surface area contributed by atoms with Gasteiger partial charge in [0.1, 0.15) is 18.5 Å². The molecule has 0 radical (unpaired) electrons. The maximum atomic E-state index is 12.4. The average Bonchev–Trinajstić information content (AvgIpc) is 3.18. The number of β-amino-alcohol motifs (C(OH)–C–C–N with tert-alkyl or cyclic N) is 1. The third kappa shape index (κ3) is 7.27. The predicted molar refractivity (Wildman–Crippen MR) is 138 cm³/mol. The molecule has 34 heavy (non-hydrogen) atoms. The number of nitrogens with one attached hydrogen (secondary N) is 1. The second-order valence-electron chi connectivity index (χ2n) is 8.40. The van der Waals surface area contributed by atoms with Crippen molar-refractivity contribution in [2.45, 2.75) is 13.0 Å². The van der Waals surface area contributed by atoms with E-state index < -0.39 is 16.1 Å². The van der Waals surface area contributed by atoms with Crippen LogP contribution < -0.4 is 9.46 Å². The number of fused-ring (bicyclic) bond motifs is 1. The Morgan fingerprint density at radius 3 is 2.59 bits per heavy atom. The number of hydrogen-bond acceptors (Lipinski definition) is 8. The number of thiazole rings is 1. The van der Waals surface area contributed by atoms with E-state index in [2.05, 4.69) is 19.5 Å². The highest BCUT2D eigenvalue weighted by molar-refractivity contribution is 7.92. The molecular formula is C23H29ClN4O4S2. The van der Waals surface area contributed by atoms with Crippen molar-refractivity contribution in [3.8, 4) is 5.75 Å². The highest BCUT2D eigenvalue weighted by Crippen LogP contribution is 2.25. The number of nitrogens with zero attached hydrogens (tertiary/aromatic N) is 3. The fourth-order valence-electron chi connectivity index (χ4n) is 3.85. The van der Waals surface area contributed by atoms with Crippen molar-refractivity contribution in [2.75, 3.05) is 56.4 Å². The number of aryl methyl sites for hydroxylation is 1. The van der Waals surface area contributed by atoms with E-state index in [-0.39, 0.29) is 12.4 Å². The van der Waals surface area contributed by atoms with Gasteiger partial charge in [-0.15, -0.1) is 11.3 Å². The number of sulfonamides is 1. The first-order valence-corrected chi connectivity index (χ1v) is 14.0. The molecule has 1 atom stereocenters. The van der Waals surface area contributed by atoms with Gasteiger partial charge in [-0.05, 0) is 43.3 Å². The van der Waals surface area contributed by atoms with Gasteiger partial charge in [0.05, 0.1) is 21.0 Å². The van der Waals surface area contributed by atoms with Gasteiger partial charge in [0.15, 0.2) is 0 Å². The number of halogens is 1. The molecule has 0 unspecified atom stereocenters. The number of piperazine rings is 1. The van der Waals surface area contributed by atoms with Gasteiger partial charge in [0.25, 0.3) is 0 Å². The summed E-state index contributed by atoms with van der Waals surface area (Å²) < 4.78 is 34.2. The molecule has 0 bridgehead atoms. The van der Waals surface area contributed by atoms with E-state index in [0.29, 0.717) is 29.5 Å². The van der Waals surface area contributed by atoms with Crippen LogP contribution >= 0.6 is 22.9 Å². The van der Waals surface area contributed by atoms with Crippen LogP contribution in [0.5, 0.6) is 5.75 Å². The van der Waals surface area contributed by atoms with Crippen molar-refractivity contribution in [1.29, 1.82) is 0 Å². The van der Waals surface area contributed by atoms with Gasteiger partial charge >= 0.3 is 0 Å². The summed E-state index contributed by atoms with van der Waals surface area (Å²) >= 11 is 7.49. The smallest absolute Gasteiger partial charge is 0.233 e. The summed E-state index contributed by atoms with van der Waals surface area (Å²) in [6, 6.07) is 12.4. The minimum Gasteiger partial charge on any atom is -0.491 e. The summed E-state index contributed by atoms with van der Waals surface area (Å²) in [5.41, 5.74) is 1.42. The number of anilines is 1. The predicted octanol–water partition coefficient (Wildman–Crippen LogP) is 3.06. The summed E-state index contributed by atoms with van der Waals surface area (Å²) in [5, 5.41) is 12.0. The number of aromatic nitrogens is 1. The summed E-state index contributed by atoms with van der Waals surface area (Å²) in [6.07, 6.45) is -0.608. The lowest BCUT2D eigenvalue weighted by molar-refractivity contribution is 0.0472. The van der Waals surface area contributed by atoms with Crippen LogP contribution in [-0.4, -0.2) is 86.0 Å². The SMILES string of the molecule is Cc1nc2cc(OC[C@H](O)CN3CCN(CCS(=O)(=O)Nc4ccc(Cl)cc4)CC3)ccc2s1. The molecule has 11 heteroatoms. The molecule has 1 fully saturated rings. The number of hydrogen-bond donors (Lipinski definition) is 2. The molecule has 2 aromatic carbocycles. The normalized spacial score (nSPS) is 16.6. The number of aliphatic hydroxyl groups excluding tert-OH is 1. The van der Waals surface area contributed by atoms with E-state index in [1.807, 2.05) is 25.1 Å². The Morgan fingerprint density at radius 2 is 1.85 bits per heavy atom. The Balaban J connectivity index is 1.15. The molecule has 0 amide bonds. The van der Waals surface area contributed by atoms with Gasteiger partial charge in [0.2, 0.25) is 10.0 Å². The average molecular weight is 525 g/mol. The minimum absolute atomic E-state index is 0.0228. The highest BCUT2D eigenvalue weighted by Gasteiger charge is 2.21. The molecular weight excluding hydrogens is 496 g/mol. The van der Waals surface area contributed by atoms with Crippen molar-refractivity contribution in [3.05, 3.63) is 52.5 Å². The van der Waals surface area contributed by atoms with E-state index in [9.17, 15) is 13.5 Å². The number of rotatable bonds is 10. The molecule has 1 saturated heterocycles. The van der Waals surface area contributed by atoms with Crippen molar-refractivity contribution in [2.24, 2.45) is 0 Å². The Hall–Kier alpha value is -1.95. The van der Waals surface area contributed by atoms with Gasteiger partial charge < -0.3 is 9.84 Å². The molecule has 2 heterocycles. The van der Waals surface area contributed by atoms with Crippen molar-refractivity contribution in [1.82, 2.24) is 14.8 Å². The zero-order valence-electron chi connectivity index (χ0n) is 19.0. The molecule has 1 aliphatic heterocycles. The van der Waals surface area contributed by atoms with Crippen molar-refractivity contribution < 1.29 is 18.3 Å². The molecule has 3 aromatic rings. The third-order valence-electron chi connectivity index (χ3n) is 5.64. The van der Waals surface area contributed by atoms with Crippen LogP contribution in [0.25, 0.3) is 10.2 Å². The molecule has 2 N–H and O–H groups in total. The topological polar surface area (TPSA) is 95.0 Å². The fourth-order valence-corrected chi connectivity index (χ4v) is 5.88. The van der Waals surface area contributed by atoms with Crippen LogP contribution in [0.3, 0.4) is 0 Å². The largest absolute Gasteiger partial charge is 0.491 e. The summed E-state index contributed by atoms with van der Waals surface area (Å²) in [7, 11) is -3.43. The second-order valence-corrected chi connectivity index (χ2v) is 11.9. The van der Waals surface area contributed by atoms with Crippen LogP contribution in [0.15, 0.2) is 42.5 Å². The number of benzene rings is 2. The quantitative estimate of drug-likeness (QED) is 0.421. The highest BCUT2D eigenvalue weighted by atomic mass is 35.5. The Kier molecular flexibility index (Phi) is 8.28. The van der Waals surface area contributed by atoms with Gasteiger partial charge in [0, 0.05) is 56.0 Å². The Bertz CT molecular complexity index is 1200. The molecule has 4 rings (SSSR count). The minimum atomic E-state index is -3.43. The maximum Gasteiger partial charge on any atom is 0.233 e. The van der Waals surface area contributed by atoms with E-state index >= 15 is 0 Å². The van der Waals surface area contributed by atoms with Crippen LogP contribution in [-0.2, 0) is 10.0 Å². The van der Waals surface area contributed by atoms with Crippen LogP contribution in [0.4, 0.5) is 5.69 Å². The van der Waals surface area contributed by atoms with E-state index in [1.165, 1.54) is 0 Å². The first-order chi connectivity index (χ1) is 16.3. The van der Waals surface area contributed by atoms with E-state index in [0.717, 1.165) is 41.4 Å². The van der Waals surface area contributed by atoms with Crippen molar-refractivity contribution in [3.63, 3.8) is 0 Å². The lowest BCUT2D eigenvalue weighted by atomic mass is 10.2. The van der Waals surface area contributed by atoms with Gasteiger partial charge in [-0.25, -0.2) is 13.4 Å². The lowest BCUT2D eigenvalue weighted by Gasteiger charge is -2.35. The molecule has 0 spiro atoms. The van der Waals surface area contributed by atoms with E-state index in [4.69, 9.17) is 16.3 Å². The third-order valence-corrected chi connectivity index (χ3v) is 8.11. The van der Waals surface area contributed by atoms with Gasteiger partial charge in [-0.3, -0.25) is 14.5 Å². The molecule has 8 nitrogen and oxygen atoms in total. The summed E-state index contributed by atoms with van der Waals surface area (Å²) in [5.74, 6) is 0.727. The van der Waals surface area contributed by atoms with Crippen LogP contribution in [0, 0.1) is 6.92 Å².